The normalized spacial score (nSPS) is 12.7. The molecule has 0 bridgehead atoms. The summed E-state index contributed by atoms with van der Waals surface area (Å²) < 4.78 is 7.28. The average Bonchev–Trinajstić information content (AvgIpc) is 3.28. The summed E-state index contributed by atoms with van der Waals surface area (Å²) in [4.78, 5) is 13.3. The van der Waals surface area contributed by atoms with Crippen LogP contribution in [-0.4, -0.2) is 15.7 Å². The van der Waals surface area contributed by atoms with Crippen LogP contribution in [0.3, 0.4) is 0 Å². The van der Waals surface area contributed by atoms with Crippen LogP contribution in [0.5, 0.6) is 0 Å². The molecule has 25 heavy (non-hydrogen) atoms. The number of thioether (sulfide) groups is 1. The van der Waals surface area contributed by atoms with Crippen LogP contribution in [0.1, 0.15) is 23.9 Å². The predicted molar refractivity (Wildman–Crippen MR) is 104 cm³/mol. The number of hydrogen-bond donors (Lipinski definition) is 0. The molecule has 2 heterocycles. The Kier molecular flexibility index (Phi) is 4.36. The highest BCUT2D eigenvalue weighted by Gasteiger charge is 2.23. The summed E-state index contributed by atoms with van der Waals surface area (Å²) in [6, 6.07) is 20.1. The highest BCUT2D eigenvalue weighted by molar-refractivity contribution is 7.99. The van der Waals surface area contributed by atoms with Crippen molar-refractivity contribution in [1.82, 2.24) is 4.57 Å². The van der Waals surface area contributed by atoms with Crippen LogP contribution >= 0.6 is 11.8 Å². The van der Waals surface area contributed by atoms with E-state index in [1.165, 1.54) is 0 Å². The second kappa shape index (κ2) is 6.81. The van der Waals surface area contributed by atoms with Gasteiger partial charge in [-0.15, -0.1) is 11.8 Å². The first kappa shape index (κ1) is 16.0. The zero-order valence-corrected chi connectivity index (χ0v) is 14.8. The van der Waals surface area contributed by atoms with Gasteiger partial charge in [0.15, 0.2) is 0 Å². The summed E-state index contributed by atoms with van der Waals surface area (Å²) >= 11 is 1.64. The predicted octanol–water partition coefficient (Wildman–Crippen LogP) is 5.74. The lowest BCUT2D eigenvalue weighted by Gasteiger charge is -2.15. The smallest absolute Gasteiger partial charge is 0.244 e. The molecule has 0 aliphatic rings. The van der Waals surface area contributed by atoms with Crippen molar-refractivity contribution >= 4 is 39.5 Å². The number of aromatic nitrogens is 1. The molecule has 0 radical (unpaired) electrons. The molecule has 0 aliphatic carbocycles. The largest absolute Gasteiger partial charge is 0.468 e. The van der Waals surface area contributed by atoms with E-state index in [9.17, 15) is 4.79 Å². The molecule has 1 atom stereocenters. The first-order valence-corrected chi connectivity index (χ1v) is 9.51. The maximum Gasteiger partial charge on any atom is 0.244 e. The van der Waals surface area contributed by atoms with Crippen molar-refractivity contribution in [2.24, 2.45) is 0 Å². The second-order valence-corrected chi connectivity index (χ2v) is 7.19. The second-order valence-electron chi connectivity index (χ2n) is 6.00. The summed E-state index contributed by atoms with van der Waals surface area (Å²) in [5.74, 6) is 1.74. The molecule has 126 valence electrons. The van der Waals surface area contributed by atoms with E-state index in [1.807, 2.05) is 53.1 Å². The van der Waals surface area contributed by atoms with Gasteiger partial charge in [0.2, 0.25) is 5.91 Å². The number of furan rings is 1. The molecule has 1 unspecified atom stereocenters. The van der Waals surface area contributed by atoms with E-state index in [-0.39, 0.29) is 11.2 Å². The quantitative estimate of drug-likeness (QED) is 0.461. The maximum atomic E-state index is 13.3. The van der Waals surface area contributed by atoms with E-state index in [0.717, 1.165) is 34.0 Å². The third kappa shape index (κ3) is 2.87. The van der Waals surface area contributed by atoms with Crippen molar-refractivity contribution in [3.63, 3.8) is 0 Å². The van der Waals surface area contributed by atoms with Gasteiger partial charge >= 0.3 is 0 Å². The molecule has 4 rings (SSSR count). The third-order valence-electron chi connectivity index (χ3n) is 4.45. The number of rotatable bonds is 5. The Morgan fingerprint density at radius 2 is 1.64 bits per heavy atom. The summed E-state index contributed by atoms with van der Waals surface area (Å²) in [5.41, 5.74) is 1.96. The molecular weight excluding hydrogens is 330 g/mol. The Bertz CT molecular complexity index is 964. The molecular formula is C21H19NO2S. The number of carbonyl (C=O) groups is 1. The molecule has 0 spiro atoms. The van der Waals surface area contributed by atoms with Gasteiger partial charge < -0.3 is 4.42 Å². The van der Waals surface area contributed by atoms with Gasteiger partial charge in [0.25, 0.3) is 0 Å². The van der Waals surface area contributed by atoms with Gasteiger partial charge in [0.1, 0.15) is 5.76 Å². The van der Waals surface area contributed by atoms with Gasteiger partial charge in [-0.1, -0.05) is 43.3 Å². The molecule has 3 nitrogen and oxygen atoms in total. The fourth-order valence-corrected chi connectivity index (χ4v) is 4.26. The minimum atomic E-state index is -0.107. The van der Waals surface area contributed by atoms with E-state index in [4.69, 9.17) is 4.42 Å². The van der Waals surface area contributed by atoms with Gasteiger partial charge in [-0.25, -0.2) is 0 Å². The van der Waals surface area contributed by atoms with Crippen molar-refractivity contribution in [3.8, 4) is 0 Å². The van der Waals surface area contributed by atoms with Crippen molar-refractivity contribution in [2.45, 2.75) is 24.3 Å². The molecule has 0 N–H and O–H groups in total. The van der Waals surface area contributed by atoms with Crippen molar-refractivity contribution in [2.75, 3.05) is 0 Å². The summed E-state index contributed by atoms with van der Waals surface area (Å²) in [6.45, 7) is 2.06. The van der Waals surface area contributed by atoms with Gasteiger partial charge in [0, 0.05) is 10.8 Å². The van der Waals surface area contributed by atoms with Crippen LogP contribution in [-0.2, 0) is 5.75 Å². The Morgan fingerprint density at radius 1 is 1.00 bits per heavy atom. The fourth-order valence-electron chi connectivity index (χ4n) is 3.25. The zero-order valence-electron chi connectivity index (χ0n) is 14.0. The van der Waals surface area contributed by atoms with Crippen molar-refractivity contribution in [3.05, 3.63) is 72.7 Å². The zero-order chi connectivity index (χ0) is 17.2. The lowest BCUT2D eigenvalue weighted by molar-refractivity contribution is 0.0919. The lowest BCUT2D eigenvalue weighted by Crippen LogP contribution is -2.23. The minimum Gasteiger partial charge on any atom is -0.468 e. The molecule has 2 aromatic carbocycles. The van der Waals surface area contributed by atoms with Gasteiger partial charge in [-0.2, -0.15) is 0 Å². The van der Waals surface area contributed by atoms with Gasteiger partial charge in [0.05, 0.1) is 28.3 Å². The van der Waals surface area contributed by atoms with Crippen molar-refractivity contribution in [1.29, 1.82) is 0 Å². The van der Waals surface area contributed by atoms with E-state index in [2.05, 4.69) is 19.1 Å². The van der Waals surface area contributed by atoms with Gasteiger partial charge in [-0.3, -0.25) is 9.36 Å². The molecule has 4 aromatic rings. The van der Waals surface area contributed by atoms with E-state index in [0.29, 0.717) is 5.75 Å². The van der Waals surface area contributed by atoms with E-state index < -0.39 is 0 Å². The third-order valence-corrected chi connectivity index (χ3v) is 5.84. The van der Waals surface area contributed by atoms with Crippen LogP contribution < -0.4 is 0 Å². The Balaban J connectivity index is 1.74. The average molecular weight is 349 g/mol. The summed E-state index contributed by atoms with van der Waals surface area (Å²) in [5, 5.41) is 2.14. The maximum absolute atomic E-state index is 13.3. The Labute approximate surface area is 150 Å². The highest BCUT2D eigenvalue weighted by Crippen LogP contribution is 2.31. The lowest BCUT2D eigenvalue weighted by atomic mass is 10.2. The standard InChI is InChI=1S/C21H19NO2S/c1-2-20(25-14-15-8-7-13-24-15)21(23)22-18-11-5-3-9-16(18)17-10-4-6-12-19(17)22/h3-13,20H,2,14H2,1H3. The highest BCUT2D eigenvalue weighted by atomic mass is 32.2. The molecule has 2 aromatic heterocycles. The SMILES string of the molecule is CCC(SCc1ccco1)C(=O)n1c2ccccc2c2ccccc21. The number of para-hydroxylation sites is 2. The number of hydrogen-bond acceptors (Lipinski definition) is 3. The Hall–Kier alpha value is -2.46. The molecule has 0 amide bonds. The van der Waals surface area contributed by atoms with E-state index in [1.54, 1.807) is 18.0 Å². The van der Waals surface area contributed by atoms with Crippen LogP contribution in [0.2, 0.25) is 0 Å². The van der Waals surface area contributed by atoms with Crippen LogP contribution in [0, 0.1) is 0 Å². The van der Waals surface area contributed by atoms with Crippen molar-refractivity contribution < 1.29 is 9.21 Å². The number of fused-ring (bicyclic) bond motifs is 3. The van der Waals surface area contributed by atoms with Crippen LogP contribution in [0.4, 0.5) is 0 Å². The van der Waals surface area contributed by atoms with Crippen LogP contribution in [0.25, 0.3) is 21.8 Å². The van der Waals surface area contributed by atoms with Crippen LogP contribution in [0.15, 0.2) is 71.3 Å². The number of benzene rings is 2. The molecule has 0 aliphatic heterocycles. The summed E-state index contributed by atoms with van der Waals surface area (Å²) in [7, 11) is 0. The first-order valence-electron chi connectivity index (χ1n) is 8.46. The van der Waals surface area contributed by atoms with Gasteiger partial charge in [-0.05, 0) is 30.7 Å². The van der Waals surface area contributed by atoms with E-state index >= 15 is 0 Å². The monoisotopic (exact) mass is 349 g/mol. The molecule has 0 saturated carbocycles. The summed E-state index contributed by atoms with van der Waals surface area (Å²) in [6.07, 6.45) is 2.46. The fraction of sp³-hybridized carbons (Fsp3) is 0.190. The Morgan fingerprint density at radius 3 is 2.20 bits per heavy atom. The molecule has 4 heteroatoms. The first-order chi connectivity index (χ1) is 12.3. The molecule has 0 fully saturated rings. The number of nitrogens with zero attached hydrogens (tertiary/aromatic N) is 1. The minimum absolute atomic E-state index is 0.107. The number of carbonyl (C=O) groups excluding carboxylic acids is 1. The topological polar surface area (TPSA) is 35.1 Å². The molecule has 0 saturated heterocycles.